The van der Waals surface area contributed by atoms with Crippen molar-refractivity contribution in [2.75, 3.05) is 7.11 Å². The number of aromatic amines is 1. The Kier molecular flexibility index (Phi) is 1.75. The van der Waals surface area contributed by atoms with Gasteiger partial charge >= 0.3 is 0 Å². The molecule has 0 saturated heterocycles. The van der Waals surface area contributed by atoms with Crippen LogP contribution in [-0.2, 0) is 0 Å². The third kappa shape index (κ3) is 1.23. The number of pyridine rings is 1. The second kappa shape index (κ2) is 2.99. The summed E-state index contributed by atoms with van der Waals surface area (Å²) in [6.45, 7) is 2.13. The first kappa shape index (κ1) is 8.77. The Morgan fingerprint density at radius 1 is 1.47 bits per heavy atom. The summed E-state index contributed by atoms with van der Waals surface area (Å²) in [4.78, 5) is 7.59. The van der Waals surface area contributed by atoms with Gasteiger partial charge in [-0.15, -0.1) is 0 Å². The molecule has 1 aliphatic rings. The Labute approximate surface area is 88.5 Å². The van der Waals surface area contributed by atoms with E-state index in [1.165, 1.54) is 29.4 Å². The van der Waals surface area contributed by atoms with Crippen molar-refractivity contribution < 1.29 is 4.74 Å². The first-order valence-corrected chi connectivity index (χ1v) is 5.32. The summed E-state index contributed by atoms with van der Waals surface area (Å²) in [5, 5.41) is 1.31. The van der Waals surface area contributed by atoms with Crippen molar-refractivity contribution in [2.24, 2.45) is 0 Å². The first-order valence-electron chi connectivity index (χ1n) is 5.32. The quantitative estimate of drug-likeness (QED) is 0.813. The molecule has 0 aromatic carbocycles. The molecule has 2 heterocycles. The predicted molar refractivity (Wildman–Crippen MR) is 59.4 cm³/mol. The normalized spacial score (nSPS) is 15.9. The molecule has 3 nitrogen and oxygen atoms in total. The first-order chi connectivity index (χ1) is 7.31. The average Bonchev–Trinajstić information content (AvgIpc) is 3.02. The molecule has 0 amide bonds. The van der Waals surface area contributed by atoms with Crippen LogP contribution in [0.5, 0.6) is 5.88 Å². The van der Waals surface area contributed by atoms with E-state index in [2.05, 4.69) is 16.9 Å². The third-order valence-corrected chi connectivity index (χ3v) is 3.11. The van der Waals surface area contributed by atoms with Crippen LogP contribution in [0, 0.1) is 6.92 Å². The minimum Gasteiger partial charge on any atom is -0.479 e. The lowest BCUT2D eigenvalue weighted by molar-refractivity contribution is 0.402. The summed E-state index contributed by atoms with van der Waals surface area (Å²) >= 11 is 0. The van der Waals surface area contributed by atoms with Gasteiger partial charge in [0.1, 0.15) is 5.52 Å². The van der Waals surface area contributed by atoms with E-state index in [1.54, 1.807) is 7.11 Å². The molecular formula is C12H14N2O. The van der Waals surface area contributed by atoms with E-state index in [-0.39, 0.29) is 0 Å². The molecule has 1 aliphatic carbocycles. The molecule has 78 valence electrons. The molecule has 3 rings (SSSR count). The van der Waals surface area contributed by atoms with Crippen molar-refractivity contribution in [3.8, 4) is 5.88 Å². The fourth-order valence-corrected chi connectivity index (χ4v) is 2.18. The van der Waals surface area contributed by atoms with E-state index >= 15 is 0 Å². The largest absolute Gasteiger partial charge is 0.479 e. The van der Waals surface area contributed by atoms with Gasteiger partial charge in [0.25, 0.3) is 0 Å². The van der Waals surface area contributed by atoms with E-state index in [0.29, 0.717) is 5.88 Å². The highest BCUT2D eigenvalue weighted by Gasteiger charge is 2.27. The molecule has 0 atom stereocenters. The monoisotopic (exact) mass is 202 g/mol. The van der Waals surface area contributed by atoms with Crippen LogP contribution >= 0.6 is 0 Å². The maximum Gasteiger partial charge on any atom is 0.238 e. The molecule has 2 aromatic rings. The highest BCUT2D eigenvalue weighted by Crippen LogP contribution is 2.44. The van der Waals surface area contributed by atoms with E-state index in [1.807, 2.05) is 12.4 Å². The number of H-pyrrole nitrogens is 1. The molecule has 1 N–H and O–H groups in total. The average molecular weight is 202 g/mol. The third-order valence-electron chi connectivity index (χ3n) is 3.11. The molecule has 0 unspecified atom stereocenters. The molecule has 1 fully saturated rings. The maximum absolute atomic E-state index is 5.25. The maximum atomic E-state index is 5.25. The number of aryl methyl sites for hydroxylation is 1. The lowest BCUT2D eigenvalue weighted by Gasteiger charge is -2.05. The number of aromatic nitrogens is 2. The molecule has 0 radical (unpaired) electrons. The van der Waals surface area contributed by atoms with Gasteiger partial charge in [-0.25, -0.2) is 4.98 Å². The smallest absolute Gasteiger partial charge is 0.238 e. The van der Waals surface area contributed by atoms with Crippen LogP contribution < -0.4 is 4.74 Å². The molecule has 0 aliphatic heterocycles. The summed E-state index contributed by atoms with van der Waals surface area (Å²) in [5.41, 5.74) is 3.71. The summed E-state index contributed by atoms with van der Waals surface area (Å²) < 4.78 is 5.25. The van der Waals surface area contributed by atoms with Gasteiger partial charge in [0, 0.05) is 17.8 Å². The topological polar surface area (TPSA) is 37.9 Å². The minimum atomic E-state index is 0.697. The number of methoxy groups -OCH3 is 1. The number of rotatable bonds is 2. The zero-order valence-electron chi connectivity index (χ0n) is 9.00. The predicted octanol–water partition coefficient (Wildman–Crippen LogP) is 2.76. The molecule has 1 saturated carbocycles. The van der Waals surface area contributed by atoms with Crippen LogP contribution in [0.15, 0.2) is 12.4 Å². The molecule has 0 bridgehead atoms. The van der Waals surface area contributed by atoms with Gasteiger partial charge in [-0.05, 0) is 36.8 Å². The van der Waals surface area contributed by atoms with Gasteiger partial charge in [0.2, 0.25) is 5.88 Å². The lowest BCUT2D eigenvalue weighted by Crippen LogP contribution is -1.92. The van der Waals surface area contributed by atoms with Crippen molar-refractivity contribution in [3.05, 3.63) is 23.5 Å². The Morgan fingerprint density at radius 2 is 2.27 bits per heavy atom. The summed E-state index contributed by atoms with van der Waals surface area (Å²) in [5.74, 6) is 1.42. The highest BCUT2D eigenvalue weighted by atomic mass is 16.5. The summed E-state index contributed by atoms with van der Waals surface area (Å²) in [7, 11) is 1.66. The summed E-state index contributed by atoms with van der Waals surface area (Å²) in [6, 6.07) is 0. The van der Waals surface area contributed by atoms with E-state index in [9.17, 15) is 0 Å². The van der Waals surface area contributed by atoms with Gasteiger partial charge < -0.3 is 9.72 Å². The molecule has 0 spiro atoms. The number of hydrogen-bond acceptors (Lipinski definition) is 2. The van der Waals surface area contributed by atoms with Gasteiger partial charge in [-0.3, -0.25) is 0 Å². The van der Waals surface area contributed by atoms with Gasteiger partial charge in [0.05, 0.1) is 7.11 Å². The Bertz CT molecular complexity index is 512. The minimum absolute atomic E-state index is 0.697. The number of nitrogens with zero attached hydrogens (tertiary/aromatic N) is 1. The molecule has 3 heteroatoms. The van der Waals surface area contributed by atoms with Crippen molar-refractivity contribution in [1.82, 2.24) is 9.97 Å². The van der Waals surface area contributed by atoms with Gasteiger partial charge in [-0.1, -0.05) is 0 Å². The van der Waals surface area contributed by atoms with Crippen LogP contribution in [0.1, 0.15) is 29.9 Å². The van der Waals surface area contributed by atoms with Crippen LogP contribution in [-0.4, -0.2) is 17.1 Å². The number of hydrogen-bond donors (Lipinski definition) is 1. The van der Waals surface area contributed by atoms with Crippen LogP contribution in [0.4, 0.5) is 0 Å². The highest BCUT2D eigenvalue weighted by molar-refractivity contribution is 5.90. The number of nitrogens with one attached hydrogen (secondary N) is 1. The molecular weight excluding hydrogens is 188 g/mol. The van der Waals surface area contributed by atoms with Crippen molar-refractivity contribution >= 4 is 10.9 Å². The number of ether oxygens (including phenoxy) is 1. The van der Waals surface area contributed by atoms with Gasteiger partial charge in [-0.2, -0.15) is 0 Å². The Morgan fingerprint density at radius 3 is 2.93 bits per heavy atom. The molecule has 2 aromatic heterocycles. The van der Waals surface area contributed by atoms with Gasteiger partial charge in [0.15, 0.2) is 0 Å². The van der Waals surface area contributed by atoms with E-state index in [4.69, 9.17) is 4.74 Å². The number of fused-ring (bicyclic) bond motifs is 1. The van der Waals surface area contributed by atoms with Crippen molar-refractivity contribution in [1.29, 1.82) is 0 Å². The zero-order valence-corrected chi connectivity index (χ0v) is 9.00. The fraction of sp³-hybridized carbons (Fsp3) is 0.417. The Balaban J connectivity index is 2.32. The lowest BCUT2D eigenvalue weighted by atomic mass is 10.1. The second-order valence-corrected chi connectivity index (χ2v) is 4.22. The van der Waals surface area contributed by atoms with Crippen molar-refractivity contribution in [2.45, 2.75) is 25.7 Å². The standard InChI is InChI=1S/C12H14N2O/c1-7-5-13-11-10(7)9(8-3-4-8)6-14-12(11)15-2/h5-6,8,13H,3-4H2,1-2H3. The SMILES string of the molecule is COc1ncc(C2CC2)c2c(C)c[nH]c12. The van der Waals surface area contributed by atoms with Crippen LogP contribution in [0.3, 0.4) is 0 Å². The van der Waals surface area contributed by atoms with Crippen LogP contribution in [0.25, 0.3) is 10.9 Å². The summed E-state index contributed by atoms with van der Waals surface area (Å²) in [6.07, 6.45) is 6.60. The van der Waals surface area contributed by atoms with E-state index < -0.39 is 0 Å². The fourth-order valence-electron chi connectivity index (χ4n) is 2.18. The van der Waals surface area contributed by atoms with Crippen LogP contribution in [0.2, 0.25) is 0 Å². The van der Waals surface area contributed by atoms with E-state index in [0.717, 1.165) is 11.4 Å². The Hall–Kier alpha value is -1.51. The van der Waals surface area contributed by atoms with Crippen molar-refractivity contribution in [3.63, 3.8) is 0 Å². The second-order valence-electron chi connectivity index (χ2n) is 4.22. The zero-order chi connectivity index (χ0) is 10.4. The molecule has 15 heavy (non-hydrogen) atoms.